The van der Waals surface area contributed by atoms with Crippen molar-refractivity contribution in [3.63, 3.8) is 0 Å². The molecule has 1 unspecified atom stereocenters. The summed E-state index contributed by atoms with van der Waals surface area (Å²) in [6.07, 6.45) is 6.43. The fraction of sp³-hybridized carbons (Fsp3) is 0.364. The highest BCUT2D eigenvalue weighted by Crippen LogP contribution is 2.15. The predicted molar refractivity (Wildman–Crippen MR) is 124 cm³/mol. The maximum Gasteiger partial charge on any atom is 0.276 e. The van der Waals surface area contributed by atoms with Crippen molar-refractivity contribution in [3.8, 4) is 0 Å². The van der Waals surface area contributed by atoms with E-state index in [1.807, 2.05) is 43.3 Å². The molecule has 0 radical (unpaired) electrons. The van der Waals surface area contributed by atoms with E-state index in [0.29, 0.717) is 6.54 Å². The zero-order chi connectivity index (χ0) is 23.1. The zero-order valence-electron chi connectivity index (χ0n) is 18.2. The molecule has 172 valence electrons. The van der Waals surface area contributed by atoms with E-state index in [4.69, 9.17) is 5.21 Å². The van der Waals surface area contributed by atoms with Crippen LogP contribution in [0.2, 0.25) is 0 Å². The van der Waals surface area contributed by atoms with Crippen LogP contribution < -0.4 is 15.1 Å². The number of rotatable bonds is 8. The van der Waals surface area contributed by atoms with Crippen LogP contribution in [0.5, 0.6) is 0 Å². The standard InChI is InChI=1S/C22H29N5O4S/c1-17-3-5-18(6-4-17)7-9-20(25-32(2,30)31)16-26-11-13-27(14-12-26)21-10-8-19(15-23-21)22(28)24-29/h3-10,15,20,25,29H,11-14,16H2,1-2H3,(H,24,28)/b9-7+. The van der Waals surface area contributed by atoms with Crippen molar-refractivity contribution >= 4 is 27.8 Å². The first kappa shape index (κ1) is 23.9. The van der Waals surface area contributed by atoms with Gasteiger partial charge in [0.15, 0.2) is 0 Å². The first-order valence-corrected chi connectivity index (χ1v) is 12.2. The van der Waals surface area contributed by atoms with Gasteiger partial charge in [0.1, 0.15) is 5.82 Å². The van der Waals surface area contributed by atoms with Crippen molar-refractivity contribution < 1.29 is 18.4 Å². The number of carbonyl (C=O) groups excluding carboxylic acids is 1. The molecule has 1 amide bonds. The number of nitrogens with zero attached hydrogens (tertiary/aromatic N) is 3. The van der Waals surface area contributed by atoms with Gasteiger partial charge in [0, 0.05) is 38.9 Å². The summed E-state index contributed by atoms with van der Waals surface area (Å²) >= 11 is 0. The molecule has 3 rings (SSSR count). The van der Waals surface area contributed by atoms with Gasteiger partial charge in [-0.2, -0.15) is 0 Å². The Labute approximate surface area is 188 Å². The van der Waals surface area contributed by atoms with Crippen LogP contribution in [-0.4, -0.2) is 74.4 Å². The van der Waals surface area contributed by atoms with Gasteiger partial charge in [-0.15, -0.1) is 0 Å². The maximum atomic E-state index is 11.8. The van der Waals surface area contributed by atoms with Gasteiger partial charge >= 0.3 is 0 Å². The van der Waals surface area contributed by atoms with Crippen molar-refractivity contribution in [3.05, 3.63) is 65.4 Å². The van der Waals surface area contributed by atoms with Gasteiger partial charge in [-0.1, -0.05) is 42.0 Å². The lowest BCUT2D eigenvalue weighted by Crippen LogP contribution is -2.51. The smallest absolute Gasteiger partial charge is 0.276 e. The quantitative estimate of drug-likeness (QED) is 0.402. The first-order chi connectivity index (χ1) is 15.2. The molecule has 1 atom stereocenters. The highest BCUT2D eigenvalue weighted by molar-refractivity contribution is 7.88. The average Bonchev–Trinajstić information content (AvgIpc) is 2.77. The SMILES string of the molecule is Cc1ccc(/C=C/C(CN2CCN(c3ccc(C(=O)NO)cn3)CC2)NS(C)(=O)=O)cc1. The van der Waals surface area contributed by atoms with Crippen LogP contribution in [0.25, 0.3) is 6.08 Å². The summed E-state index contributed by atoms with van der Waals surface area (Å²) in [6.45, 7) is 5.54. The molecule has 0 aliphatic carbocycles. The van der Waals surface area contributed by atoms with E-state index < -0.39 is 15.9 Å². The number of pyridine rings is 1. The largest absolute Gasteiger partial charge is 0.354 e. The van der Waals surface area contributed by atoms with E-state index >= 15 is 0 Å². The van der Waals surface area contributed by atoms with Crippen LogP contribution >= 0.6 is 0 Å². The van der Waals surface area contributed by atoms with E-state index in [9.17, 15) is 13.2 Å². The van der Waals surface area contributed by atoms with Gasteiger partial charge in [-0.05, 0) is 24.6 Å². The minimum atomic E-state index is -3.35. The molecule has 1 fully saturated rings. The Balaban J connectivity index is 1.59. The summed E-state index contributed by atoms with van der Waals surface area (Å²) < 4.78 is 26.4. The predicted octanol–water partition coefficient (Wildman–Crippen LogP) is 1.26. The molecule has 0 saturated carbocycles. The van der Waals surface area contributed by atoms with E-state index in [2.05, 4.69) is 19.5 Å². The van der Waals surface area contributed by atoms with Crippen molar-refractivity contribution in [2.45, 2.75) is 13.0 Å². The van der Waals surface area contributed by atoms with Crippen LogP contribution in [0, 0.1) is 6.92 Å². The molecule has 1 aromatic carbocycles. The second-order valence-corrected chi connectivity index (χ2v) is 9.68. The number of aromatic nitrogens is 1. The number of amides is 1. The molecule has 1 aromatic heterocycles. The Bertz CT molecular complexity index is 1030. The van der Waals surface area contributed by atoms with Crippen molar-refractivity contribution in [2.24, 2.45) is 0 Å². The first-order valence-electron chi connectivity index (χ1n) is 10.3. The average molecular weight is 460 g/mol. The summed E-state index contributed by atoms with van der Waals surface area (Å²) in [7, 11) is -3.35. The number of aryl methyl sites for hydroxylation is 1. The Morgan fingerprint density at radius 2 is 1.84 bits per heavy atom. The Morgan fingerprint density at radius 3 is 2.41 bits per heavy atom. The van der Waals surface area contributed by atoms with Gasteiger partial charge in [-0.25, -0.2) is 23.6 Å². The number of hydrogen-bond acceptors (Lipinski definition) is 7. The fourth-order valence-corrected chi connectivity index (χ4v) is 4.23. The van der Waals surface area contributed by atoms with Crippen LogP contribution in [-0.2, 0) is 10.0 Å². The molecule has 10 heteroatoms. The van der Waals surface area contributed by atoms with Crippen LogP contribution in [0.3, 0.4) is 0 Å². The molecule has 3 N–H and O–H groups in total. The normalized spacial score (nSPS) is 16.3. The third kappa shape index (κ3) is 7.13. The van der Waals surface area contributed by atoms with Crippen LogP contribution in [0.1, 0.15) is 21.5 Å². The fourth-order valence-electron chi connectivity index (χ4n) is 3.53. The van der Waals surface area contributed by atoms with E-state index in [1.54, 1.807) is 17.6 Å². The van der Waals surface area contributed by atoms with Crippen molar-refractivity contribution in [1.82, 2.24) is 20.1 Å². The number of nitrogens with one attached hydrogen (secondary N) is 2. The van der Waals surface area contributed by atoms with E-state index in [0.717, 1.165) is 37.6 Å². The molecule has 32 heavy (non-hydrogen) atoms. The second-order valence-electron chi connectivity index (χ2n) is 7.90. The lowest BCUT2D eigenvalue weighted by molar-refractivity contribution is 0.0706. The molecule has 9 nitrogen and oxygen atoms in total. The number of benzene rings is 1. The third-order valence-electron chi connectivity index (χ3n) is 5.23. The summed E-state index contributed by atoms with van der Waals surface area (Å²) in [4.78, 5) is 20.1. The Morgan fingerprint density at radius 1 is 1.16 bits per heavy atom. The molecular weight excluding hydrogens is 430 g/mol. The van der Waals surface area contributed by atoms with Crippen LogP contribution in [0.15, 0.2) is 48.7 Å². The molecule has 1 aliphatic heterocycles. The van der Waals surface area contributed by atoms with Crippen molar-refractivity contribution in [1.29, 1.82) is 0 Å². The molecule has 0 bridgehead atoms. The summed E-state index contributed by atoms with van der Waals surface area (Å²) in [5, 5.41) is 8.70. The zero-order valence-corrected chi connectivity index (χ0v) is 19.0. The van der Waals surface area contributed by atoms with Gasteiger partial charge in [0.25, 0.3) is 5.91 Å². The lowest BCUT2D eigenvalue weighted by Gasteiger charge is -2.36. The highest BCUT2D eigenvalue weighted by atomic mass is 32.2. The molecular formula is C22H29N5O4S. The molecule has 1 saturated heterocycles. The summed E-state index contributed by atoms with van der Waals surface area (Å²) in [5.74, 6) is 0.154. The highest BCUT2D eigenvalue weighted by Gasteiger charge is 2.21. The number of carbonyl (C=O) groups is 1. The number of hydroxylamine groups is 1. The molecule has 2 heterocycles. The lowest BCUT2D eigenvalue weighted by atomic mass is 10.1. The molecule has 1 aliphatic rings. The van der Waals surface area contributed by atoms with Crippen LogP contribution in [0.4, 0.5) is 5.82 Å². The van der Waals surface area contributed by atoms with E-state index in [-0.39, 0.29) is 11.6 Å². The summed E-state index contributed by atoms with van der Waals surface area (Å²) in [5.41, 5.74) is 4.06. The van der Waals surface area contributed by atoms with Gasteiger partial charge in [0.2, 0.25) is 10.0 Å². The maximum absolute atomic E-state index is 11.8. The number of piperazine rings is 1. The second kappa shape index (κ2) is 10.7. The number of anilines is 1. The number of sulfonamides is 1. The Hall–Kier alpha value is -2.79. The Kier molecular flexibility index (Phi) is 7.97. The van der Waals surface area contributed by atoms with Gasteiger partial charge < -0.3 is 4.90 Å². The van der Waals surface area contributed by atoms with E-state index in [1.165, 1.54) is 18.0 Å². The minimum Gasteiger partial charge on any atom is -0.354 e. The van der Waals surface area contributed by atoms with Crippen molar-refractivity contribution in [2.75, 3.05) is 43.9 Å². The number of hydrogen-bond donors (Lipinski definition) is 3. The molecule has 2 aromatic rings. The molecule has 0 spiro atoms. The van der Waals surface area contributed by atoms with Gasteiger partial charge in [0.05, 0.1) is 17.9 Å². The minimum absolute atomic E-state index is 0.282. The third-order valence-corrected chi connectivity index (χ3v) is 5.96. The monoisotopic (exact) mass is 459 g/mol. The topological polar surface area (TPSA) is 115 Å². The summed E-state index contributed by atoms with van der Waals surface area (Å²) in [6, 6.07) is 11.1. The van der Waals surface area contributed by atoms with Gasteiger partial charge in [-0.3, -0.25) is 14.9 Å².